The largest absolute Gasteiger partial charge is 0.508 e. The number of phenolic OH excluding ortho intramolecular Hbond substituents is 1. The molecule has 0 aliphatic rings. The van der Waals surface area contributed by atoms with Crippen LogP contribution in [0.2, 0.25) is 0 Å². The van der Waals surface area contributed by atoms with Crippen molar-refractivity contribution in [3.05, 3.63) is 35.0 Å². The Morgan fingerprint density at radius 1 is 1.46 bits per heavy atom. The number of amides is 1. The number of nitrogens with two attached hydrogens (primary N) is 2. The number of nitrogens with one attached hydrogen (secondary N) is 2. The van der Waals surface area contributed by atoms with Gasteiger partial charge in [-0.1, -0.05) is 12.1 Å². The maximum atomic E-state index is 11.7. The number of hydrogen-bond donors (Lipinski definition) is 5. The summed E-state index contributed by atoms with van der Waals surface area (Å²) in [6.07, 6.45) is 0. The summed E-state index contributed by atoms with van der Waals surface area (Å²) in [6.45, 7) is 1.66. The van der Waals surface area contributed by atoms with Crippen molar-refractivity contribution >= 4 is 23.1 Å². The number of phenols is 1. The van der Waals surface area contributed by atoms with Crippen molar-refractivity contribution in [3.63, 3.8) is 0 Å². The summed E-state index contributed by atoms with van der Waals surface area (Å²) in [5.41, 5.74) is 12.2. The molecule has 0 saturated carbocycles. The second-order valence-corrected chi connectivity index (χ2v) is 5.02. The number of carbonyl (C=O) groups excluding carboxylic acids is 1. The maximum Gasteiger partial charge on any atom is 0.269 e. The van der Waals surface area contributed by atoms with E-state index >= 15 is 0 Å². The second-order valence-electron chi connectivity index (χ2n) is 5.02. The van der Waals surface area contributed by atoms with Crippen LogP contribution in [0.4, 0.5) is 11.5 Å². The minimum Gasteiger partial charge on any atom is -0.508 e. The van der Waals surface area contributed by atoms with Crippen molar-refractivity contribution in [1.82, 2.24) is 4.98 Å². The fourth-order valence-electron chi connectivity index (χ4n) is 2.44. The lowest BCUT2D eigenvalue weighted by atomic mass is 9.91. The van der Waals surface area contributed by atoms with Gasteiger partial charge in [-0.3, -0.25) is 10.2 Å². The first-order valence-corrected chi connectivity index (χ1v) is 6.92. The number of aromatic hydroxyl groups is 1. The van der Waals surface area contributed by atoms with E-state index in [2.05, 4.69) is 10.3 Å². The molecule has 7 N–H and O–H groups in total. The molecule has 1 amide bonds. The first-order valence-electron chi connectivity index (χ1n) is 6.92. The number of anilines is 2. The molecule has 24 heavy (non-hydrogen) atoms. The van der Waals surface area contributed by atoms with Gasteiger partial charge in [0.15, 0.2) is 5.69 Å². The standard InChI is InChI=1S/C16H16N6O2/c1-7-8(4-3-5-10(7)23)11-12(9(18)6-17)16(21-2)22-14(13(11)19)15(20)24/h3-5,18,23H,19H2,1-2H3,(H2,20,24)(H,21,22). The molecular formula is C16H16N6O2. The van der Waals surface area contributed by atoms with Gasteiger partial charge in [-0.2, -0.15) is 5.26 Å². The molecule has 2 aromatic rings. The molecule has 1 aromatic carbocycles. The number of pyridine rings is 1. The summed E-state index contributed by atoms with van der Waals surface area (Å²) in [5, 5.41) is 29.8. The number of primary amides is 1. The van der Waals surface area contributed by atoms with Crippen LogP contribution in [0.25, 0.3) is 11.1 Å². The van der Waals surface area contributed by atoms with Gasteiger partial charge in [-0.25, -0.2) is 4.98 Å². The molecular weight excluding hydrogens is 308 g/mol. The monoisotopic (exact) mass is 324 g/mol. The zero-order chi connectivity index (χ0) is 18.0. The van der Waals surface area contributed by atoms with E-state index < -0.39 is 5.91 Å². The van der Waals surface area contributed by atoms with Crippen molar-refractivity contribution in [1.29, 1.82) is 10.7 Å². The van der Waals surface area contributed by atoms with Gasteiger partial charge in [0, 0.05) is 12.6 Å². The van der Waals surface area contributed by atoms with E-state index in [0.29, 0.717) is 11.1 Å². The molecule has 0 aliphatic carbocycles. The first-order chi connectivity index (χ1) is 11.3. The Bertz CT molecular complexity index is 898. The predicted molar refractivity (Wildman–Crippen MR) is 91.0 cm³/mol. The Hall–Kier alpha value is -3.60. The third-order valence-corrected chi connectivity index (χ3v) is 3.64. The number of nitrogen functional groups attached to an aromatic ring is 1. The van der Waals surface area contributed by atoms with Crippen LogP contribution >= 0.6 is 0 Å². The summed E-state index contributed by atoms with van der Waals surface area (Å²) in [7, 11) is 1.54. The lowest BCUT2D eigenvalue weighted by Gasteiger charge is -2.18. The third-order valence-electron chi connectivity index (χ3n) is 3.64. The van der Waals surface area contributed by atoms with Gasteiger partial charge < -0.3 is 21.9 Å². The van der Waals surface area contributed by atoms with Crippen molar-refractivity contribution in [2.24, 2.45) is 5.73 Å². The summed E-state index contributed by atoms with van der Waals surface area (Å²) in [5.74, 6) is -0.690. The lowest BCUT2D eigenvalue weighted by Crippen LogP contribution is -2.20. The molecule has 122 valence electrons. The Balaban J connectivity index is 3.03. The summed E-state index contributed by atoms with van der Waals surface area (Å²) >= 11 is 0. The highest BCUT2D eigenvalue weighted by atomic mass is 16.3. The van der Waals surface area contributed by atoms with Crippen molar-refractivity contribution in [2.45, 2.75) is 6.92 Å². The molecule has 1 heterocycles. The number of nitriles is 1. The normalized spacial score (nSPS) is 10.0. The molecule has 1 aromatic heterocycles. The Kier molecular flexibility index (Phi) is 4.37. The Morgan fingerprint density at radius 3 is 2.67 bits per heavy atom. The van der Waals surface area contributed by atoms with Crippen LogP contribution in [-0.2, 0) is 0 Å². The molecule has 0 fully saturated rings. The van der Waals surface area contributed by atoms with Gasteiger partial charge in [0.25, 0.3) is 5.91 Å². The number of rotatable bonds is 4. The summed E-state index contributed by atoms with van der Waals surface area (Å²) in [6, 6.07) is 6.51. The number of hydrogen-bond acceptors (Lipinski definition) is 7. The van der Waals surface area contributed by atoms with Crippen molar-refractivity contribution < 1.29 is 9.90 Å². The molecule has 0 saturated heterocycles. The van der Waals surface area contributed by atoms with Crippen LogP contribution < -0.4 is 16.8 Å². The van der Waals surface area contributed by atoms with Gasteiger partial charge in [-0.05, 0) is 24.1 Å². The molecule has 8 heteroatoms. The SMILES string of the molecule is CNc1nc(C(N)=O)c(N)c(-c2cccc(O)c2C)c1C(=N)C#N. The molecule has 0 unspecified atom stereocenters. The summed E-state index contributed by atoms with van der Waals surface area (Å²) < 4.78 is 0. The molecule has 2 rings (SSSR count). The van der Waals surface area contributed by atoms with E-state index in [1.54, 1.807) is 25.1 Å². The second kappa shape index (κ2) is 6.26. The quantitative estimate of drug-likeness (QED) is 0.533. The highest BCUT2D eigenvalue weighted by Crippen LogP contribution is 2.39. The van der Waals surface area contributed by atoms with Gasteiger partial charge in [0.05, 0.1) is 11.3 Å². The van der Waals surface area contributed by atoms with Gasteiger partial charge in [-0.15, -0.1) is 0 Å². The van der Waals surface area contributed by atoms with E-state index in [1.165, 1.54) is 13.1 Å². The first kappa shape index (κ1) is 16.8. The van der Waals surface area contributed by atoms with Crippen LogP contribution in [0.1, 0.15) is 21.6 Å². The predicted octanol–water partition coefficient (Wildman–Crippen LogP) is 1.38. The van der Waals surface area contributed by atoms with Gasteiger partial charge in [0.1, 0.15) is 23.3 Å². The van der Waals surface area contributed by atoms with E-state index in [0.717, 1.165) is 0 Å². The molecule has 0 atom stereocenters. The summed E-state index contributed by atoms with van der Waals surface area (Å²) in [4.78, 5) is 15.7. The minimum atomic E-state index is -0.835. The van der Waals surface area contributed by atoms with E-state index in [1.807, 2.05) is 0 Å². The molecule has 0 bridgehead atoms. The third kappa shape index (κ3) is 2.59. The van der Waals surface area contributed by atoms with Crippen molar-refractivity contribution in [3.8, 4) is 22.9 Å². The molecule has 0 aliphatic heterocycles. The van der Waals surface area contributed by atoms with E-state index in [9.17, 15) is 9.90 Å². The van der Waals surface area contributed by atoms with Gasteiger partial charge in [0.2, 0.25) is 0 Å². The highest BCUT2D eigenvalue weighted by molar-refractivity contribution is 6.19. The topological polar surface area (TPSA) is 162 Å². The molecule has 8 nitrogen and oxygen atoms in total. The molecule has 0 spiro atoms. The number of aromatic nitrogens is 1. The Morgan fingerprint density at radius 2 is 2.12 bits per heavy atom. The van der Waals surface area contributed by atoms with Crippen LogP contribution in [0.3, 0.4) is 0 Å². The van der Waals surface area contributed by atoms with Crippen LogP contribution in [0.15, 0.2) is 18.2 Å². The minimum absolute atomic E-state index is 0.0183. The van der Waals surface area contributed by atoms with Gasteiger partial charge >= 0.3 is 0 Å². The number of carbonyl (C=O) groups is 1. The maximum absolute atomic E-state index is 11.7. The zero-order valence-electron chi connectivity index (χ0n) is 13.1. The highest BCUT2D eigenvalue weighted by Gasteiger charge is 2.25. The fourth-order valence-corrected chi connectivity index (χ4v) is 2.44. The lowest BCUT2D eigenvalue weighted by molar-refractivity contribution is 0.0996. The number of nitrogens with zero attached hydrogens (tertiary/aromatic N) is 2. The van der Waals surface area contributed by atoms with Crippen LogP contribution in [0.5, 0.6) is 5.75 Å². The fraction of sp³-hybridized carbons (Fsp3) is 0.125. The number of benzene rings is 1. The smallest absolute Gasteiger partial charge is 0.269 e. The zero-order valence-corrected chi connectivity index (χ0v) is 13.1. The van der Waals surface area contributed by atoms with E-state index in [4.69, 9.17) is 22.1 Å². The van der Waals surface area contributed by atoms with Crippen LogP contribution in [-0.4, -0.2) is 28.8 Å². The van der Waals surface area contributed by atoms with Crippen molar-refractivity contribution in [2.75, 3.05) is 18.1 Å². The average Bonchev–Trinajstić information content (AvgIpc) is 2.56. The van der Waals surface area contributed by atoms with Crippen LogP contribution in [0, 0.1) is 23.7 Å². The molecule has 0 radical (unpaired) electrons. The Labute approximate surface area is 138 Å². The van der Waals surface area contributed by atoms with E-state index in [-0.39, 0.29) is 39.8 Å². The average molecular weight is 324 g/mol.